The lowest BCUT2D eigenvalue weighted by molar-refractivity contribution is 0.0984. The number of rotatable bonds is 3. The van der Waals surface area contributed by atoms with Gasteiger partial charge in [-0.15, -0.1) is 0 Å². The van der Waals surface area contributed by atoms with Crippen molar-refractivity contribution in [3.05, 3.63) is 24.3 Å². The molecule has 1 aliphatic rings. The summed E-state index contributed by atoms with van der Waals surface area (Å²) in [4.78, 5) is 2.03. The predicted molar refractivity (Wildman–Crippen MR) is 57.2 cm³/mol. The van der Waals surface area contributed by atoms with E-state index in [1.165, 1.54) is 0 Å². The van der Waals surface area contributed by atoms with E-state index in [9.17, 15) is 5.11 Å². The molecule has 0 saturated carbocycles. The summed E-state index contributed by atoms with van der Waals surface area (Å²) in [7, 11) is 0. The van der Waals surface area contributed by atoms with Crippen molar-refractivity contribution in [1.29, 1.82) is 0 Å². The molecule has 1 aliphatic heterocycles. The van der Waals surface area contributed by atoms with Crippen molar-refractivity contribution in [2.45, 2.75) is 6.10 Å². The van der Waals surface area contributed by atoms with E-state index in [1.54, 1.807) is 0 Å². The third-order valence-electron chi connectivity index (χ3n) is 2.47. The maximum atomic E-state index is 9.40. The van der Waals surface area contributed by atoms with Crippen LogP contribution < -0.4 is 9.64 Å². The molecule has 2 N–H and O–H groups in total. The molecule has 1 unspecified atom stereocenters. The Bertz CT molecular complexity index is 329. The molecule has 4 heteroatoms. The molecule has 1 atom stereocenters. The van der Waals surface area contributed by atoms with Crippen molar-refractivity contribution in [2.75, 3.05) is 31.2 Å². The number of β-amino-alcohol motifs (C(OH)–C–C–N with tert-alkyl or cyclic N) is 1. The maximum absolute atomic E-state index is 9.40. The molecule has 0 amide bonds. The number of nitrogens with zero attached hydrogens (tertiary/aromatic N) is 1. The molecule has 1 aromatic carbocycles. The van der Waals surface area contributed by atoms with Crippen molar-refractivity contribution in [3.8, 4) is 5.75 Å². The molecule has 4 nitrogen and oxygen atoms in total. The molecule has 1 heterocycles. The quantitative estimate of drug-likeness (QED) is 0.748. The van der Waals surface area contributed by atoms with Gasteiger partial charge in [0.2, 0.25) is 0 Å². The van der Waals surface area contributed by atoms with Crippen LogP contribution in [0.4, 0.5) is 5.69 Å². The van der Waals surface area contributed by atoms with Crippen LogP contribution in [0, 0.1) is 0 Å². The molecule has 0 spiro atoms. The minimum atomic E-state index is -0.698. The van der Waals surface area contributed by atoms with E-state index in [-0.39, 0.29) is 6.61 Å². The summed E-state index contributed by atoms with van der Waals surface area (Å²) >= 11 is 0. The highest BCUT2D eigenvalue weighted by molar-refractivity contribution is 5.59. The number of hydrogen-bond donors (Lipinski definition) is 2. The molecule has 0 bridgehead atoms. The Morgan fingerprint density at radius 2 is 2.20 bits per heavy atom. The maximum Gasteiger partial charge on any atom is 0.142 e. The zero-order valence-corrected chi connectivity index (χ0v) is 8.47. The Morgan fingerprint density at radius 1 is 1.40 bits per heavy atom. The molecule has 15 heavy (non-hydrogen) atoms. The Hall–Kier alpha value is -1.26. The lowest BCUT2D eigenvalue weighted by atomic mass is 10.2. The second-order valence-electron chi connectivity index (χ2n) is 3.60. The zero-order chi connectivity index (χ0) is 10.7. The van der Waals surface area contributed by atoms with Crippen LogP contribution in [0.15, 0.2) is 24.3 Å². The van der Waals surface area contributed by atoms with E-state index < -0.39 is 6.10 Å². The van der Waals surface area contributed by atoms with Gasteiger partial charge in [0.25, 0.3) is 0 Å². The van der Waals surface area contributed by atoms with Crippen LogP contribution in [-0.4, -0.2) is 42.6 Å². The van der Waals surface area contributed by atoms with Crippen molar-refractivity contribution < 1.29 is 14.9 Å². The summed E-state index contributed by atoms with van der Waals surface area (Å²) in [5.41, 5.74) is 0.983. The molecular formula is C11H15NO3. The highest BCUT2D eigenvalue weighted by Gasteiger charge is 2.19. The van der Waals surface area contributed by atoms with Crippen molar-refractivity contribution in [1.82, 2.24) is 0 Å². The van der Waals surface area contributed by atoms with Crippen molar-refractivity contribution >= 4 is 5.69 Å². The number of benzene rings is 1. The van der Waals surface area contributed by atoms with E-state index in [4.69, 9.17) is 9.84 Å². The first-order chi connectivity index (χ1) is 7.31. The molecule has 0 saturated heterocycles. The van der Waals surface area contributed by atoms with Crippen molar-refractivity contribution in [2.24, 2.45) is 0 Å². The Labute approximate surface area is 88.7 Å². The molecule has 0 fully saturated rings. The molecular weight excluding hydrogens is 194 g/mol. The monoisotopic (exact) mass is 209 g/mol. The molecule has 0 aromatic heterocycles. The number of anilines is 1. The van der Waals surface area contributed by atoms with Crippen LogP contribution in [0.3, 0.4) is 0 Å². The second kappa shape index (κ2) is 4.51. The average Bonchev–Trinajstić information content (AvgIpc) is 2.29. The number of aliphatic hydroxyl groups is 2. The summed E-state index contributed by atoms with van der Waals surface area (Å²) in [6, 6.07) is 7.72. The highest BCUT2D eigenvalue weighted by Crippen LogP contribution is 2.30. The number of fused-ring (bicyclic) bond motifs is 1. The van der Waals surface area contributed by atoms with Gasteiger partial charge in [-0.2, -0.15) is 0 Å². The number of aliphatic hydroxyl groups excluding tert-OH is 2. The van der Waals surface area contributed by atoms with Crippen LogP contribution in [0.1, 0.15) is 0 Å². The van der Waals surface area contributed by atoms with Gasteiger partial charge in [-0.05, 0) is 12.1 Å². The SMILES string of the molecule is OCC(O)CN1CCOc2ccccc21. The normalized spacial score (nSPS) is 16.8. The third-order valence-corrected chi connectivity index (χ3v) is 2.47. The second-order valence-corrected chi connectivity index (χ2v) is 3.60. The first kappa shape index (κ1) is 10.3. The topological polar surface area (TPSA) is 52.9 Å². The zero-order valence-electron chi connectivity index (χ0n) is 8.47. The largest absolute Gasteiger partial charge is 0.490 e. The average molecular weight is 209 g/mol. The van der Waals surface area contributed by atoms with Crippen LogP contribution in [0.5, 0.6) is 5.75 Å². The minimum Gasteiger partial charge on any atom is -0.490 e. The summed E-state index contributed by atoms with van der Waals surface area (Å²) in [5, 5.41) is 18.2. The van der Waals surface area contributed by atoms with Crippen LogP contribution in [0.2, 0.25) is 0 Å². The van der Waals surface area contributed by atoms with Gasteiger partial charge in [-0.1, -0.05) is 12.1 Å². The predicted octanol–water partition coefficient (Wildman–Crippen LogP) is 0.239. The third kappa shape index (κ3) is 2.22. The first-order valence-corrected chi connectivity index (χ1v) is 5.07. The van der Waals surface area contributed by atoms with Gasteiger partial charge < -0.3 is 19.8 Å². The van der Waals surface area contributed by atoms with Crippen molar-refractivity contribution in [3.63, 3.8) is 0 Å². The summed E-state index contributed by atoms with van der Waals surface area (Å²) in [5.74, 6) is 0.842. The standard InChI is InChI=1S/C11H15NO3/c13-8-9(14)7-12-5-6-15-11-4-2-1-3-10(11)12/h1-4,9,13-14H,5-8H2. The molecule has 0 aliphatic carbocycles. The van der Waals surface area contributed by atoms with E-state index in [2.05, 4.69) is 0 Å². The van der Waals surface area contributed by atoms with Gasteiger partial charge in [-0.25, -0.2) is 0 Å². The van der Waals surface area contributed by atoms with Gasteiger partial charge in [0.05, 0.1) is 24.9 Å². The van der Waals surface area contributed by atoms with E-state index >= 15 is 0 Å². The Balaban J connectivity index is 2.15. The summed E-state index contributed by atoms with van der Waals surface area (Å²) < 4.78 is 5.48. The number of para-hydroxylation sites is 2. The summed E-state index contributed by atoms with van der Waals surface area (Å²) in [6.45, 7) is 1.60. The molecule has 82 valence electrons. The highest BCUT2D eigenvalue weighted by atomic mass is 16.5. The summed E-state index contributed by atoms with van der Waals surface area (Å²) in [6.07, 6.45) is -0.698. The van der Waals surface area contributed by atoms with Crippen LogP contribution in [0.25, 0.3) is 0 Å². The van der Waals surface area contributed by atoms with Crippen LogP contribution >= 0.6 is 0 Å². The number of ether oxygens (including phenoxy) is 1. The van der Waals surface area contributed by atoms with Crippen LogP contribution in [-0.2, 0) is 0 Å². The van der Waals surface area contributed by atoms with Gasteiger partial charge in [-0.3, -0.25) is 0 Å². The van der Waals surface area contributed by atoms with Gasteiger partial charge in [0.1, 0.15) is 12.4 Å². The molecule has 2 rings (SSSR count). The van der Waals surface area contributed by atoms with Gasteiger partial charge >= 0.3 is 0 Å². The smallest absolute Gasteiger partial charge is 0.142 e. The van der Waals surface area contributed by atoms with E-state index in [1.807, 2.05) is 29.2 Å². The fourth-order valence-corrected chi connectivity index (χ4v) is 1.73. The Kier molecular flexibility index (Phi) is 3.08. The number of hydrogen-bond acceptors (Lipinski definition) is 4. The lowest BCUT2D eigenvalue weighted by Crippen LogP contribution is -2.39. The van der Waals surface area contributed by atoms with E-state index in [0.29, 0.717) is 13.2 Å². The molecule has 0 radical (unpaired) electrons. The first-order valence-electron chi connectivity index (χ1n) is 5.07. The Morgan fingerprint density at radius 3 is 3.00 bits per heavy atom. The lowest BCUT2D eigenvalue weighted by Gasteiger charge is -2.32. The van der Waals surface area contributed by atoms with Gasteiger partial charge in [0, 0.05) is 6.54 Å². The fourth-order valence-electron chi connectivity index (χ4n) is 1.73. The van der Waals surface area contributed by atoms with E-state index in [0.717, 1.165) is 18.0 Å². The van der Waals surface area contributed by atoms with Gasteiger partial charge in [0.15, 0.2) is 0 Å². The molecule has 1 aromatic rings. The fraction of sp³-hybridized carbons (Fsp3) is 0.455. The minimum absolute atomic E-state index is 0.209.